The molecule has 9 nitrogen and oxygen atoms in total. The first-order valence-electron chi connectivity index (χ1n) is 7.35. The summed E-state index contributed by atoms with van der Waals surface area (Å²) in [7, 11) is 0. The van der Waals surface area contributed by atoms with E-state index in [-0.39, 0.29) is 12.1 Å². The van der Waals surface area contributed by atoms with E-state index in [1.807, 2.05) is 13.8 Å². The lowest BCUT2D eigenvalue weighted by atomic mass is 10.3. The van der Waals surface area contributed by atoms with Crippen LogP contribution in [0, 0.1) is 6.92 Å². The zero-order valence-electron chi connectivity index (χ0n) is 13.2. The van der Waals surface area contributed by atoms with Gasteiger partial charge in [-0.1, -0.05) is 0 Å². The molecule has 0 aromatic carbocycles. The molecule has 0 radical (unpaired) electrons. The number of anilines is 1. The molecule has 3 rings (SSSR count). The number of hydrogen-bond donors (Lipinski definition) is 2. The molecule has 9 heteroatoms. The summed E-state index contributed by atoms with van der Waals surface area (Å²) >= 11 is 0. The van der Waals surface area contributed by atoms with Crippen LogP contribution in [0.1, 0.15) is 31.5 Å². The minimum absolute atomic E-state index is 0.267. The van der Waals surface area contributed by atoms with Crippen LogP contribution in [-0.4, -0.2) is 35.4 Å². The quantitative estimate of drug-likeness (QED) is 0.760. The number of aryl methyl sites for hydroxylation is 2. The van der Waals surface area contributed by atoms with Crippen LogP contribution in [0.15, 0.2) is 24.7 Å². The molecule has 23 heavy (non-hydrogen) atoms. The lowest BCUT2D eigenvalue weighted by Crippen LogP contribution is -2.32. The number of fused-ring (bicyclic) bond motifs is 1. The average molecular weight is 314 g/mol. The van der Waals surface area contributed by atoms with Crippen molar-refractivity contribution in [2.24, 2.45) is 0 Å². The second-order valence-corrected chi connectivity index (χ2v) is 5.10. The Balaban J connectivity index is 1.74. The van der Waals surface area contributed by atoms with Crippen molar-refractivity contribution >= 4 is 17.4 Å². The summed E-state index contributed by atoms with van der Waals surface area (Å²) < 4.78 is 3.37. The molecule has 3 heterocycles. The van der Waals surface area contributed by atoms with Crippen molar-refractivity contribution in [2.45, 2.75) is 33.4 Å². The number of pyridine rings is 1. The van der Waals surface area contributed by atoms with E-state index in [1.165, 1.54) is 6.33 Å². The fourth-order valence-corrected chi connectivity index (χ4v) is 2.38. The standard InChI is InChI=1S/C14H18N8O/c1-4-21-12(15-8-16-21)9(2)17-14(23)19-11-6-5-7-22-13(11)18-10(3)20-22/h5-9H,4H2,1-3H3,(H2,17,19,23)/t9-/m1/s1. The second kappa shape index (κ2) is 6.03. The highest BCUT2D eigenvalue weighted by Crippen LogP contribution is 2.15. The molecule has 2 amide bonds. The molecule has 120 valence electrons. The fourth-order valence-electron chi connectivity index (χ4n) is 2.38. The van der Waals surface area contributed by atoms with Crippen LogP contribution in [0.2, 0.25) is 0 Å². The van der Waals surface area contributed by atoms with Gasteiger partial charge in [0, 0.05) is 12.7 Å². The predicted octanol–water partition coefficient (Wildman–Crippen LogP) is 1.53. The summed E-state index contributed by atoms with van der Waals surface area (Å²) in [5.74, 6) is 1.35. The number of carbonyl (C=O) groups excluding carboxylic acids is 1. The molecule has 0 saturated carbocycles. The lowest BCUT2D eigenvalue weighted by molar-refractivity contribution is 0.248. The van der Waals surface area contributed by atoms with Gasteiger partial charge >= 0.3 is 6.03 Å². The number of carbonyl (C=O) groups is 1. The van der Waals surface area contributed by atoms with Crippen molar-refractivity contribution in [3.8, 4) is 0 Å². The second-order valence-electron chi connectivity index (χ2n) is 5.10. The molecule has 1 atom stereocenters. The highest BCUT2D eigenvalue weighted by molar-refractivity contribution is 5.93. The molecule has 0 fully saturated rings. The van der Waals surface area contributed by atoms with Gasteiger partial charge in [0.25, 0.3) is 0 Å². The first-order valence-corrected chi connectivity index (χ1v) is 7.35. The minimum atomic E-state index is -0.336. The Labute approximate surface area is 132 Å². The van der Waals surface area contributed by atoms with Crippen LogP contribution in [-0.2, 0) is 6.54 Å². The van der Waals surface area contributed by atoms with E-state index < -0.39 is 0 Å². The van der Waals surface area contributed by atoms with Crippen LogP contribution in [0.5, 0.6) is 0 Å². The van der Waals surface area contributed by atoms with E-state index in [0.717, 1.165) is 0 Å². The molecule has 0 unspecified atom stereocenters. The van der Waals surface area contributed by atoms with Gasteiger partial charge in [-0.2, -0.15) is 10.2 Å². The largest absolute Gasteiger partial charge is 0.328 e. The maximum absolute atomic E-state index is 12.2. The third-order valence-electron chi connectivity index (χ3n) is 3.40. The molecule has 3 aromatic rings. The number of hydrogen-bond acceptors (Lipinski definition) is 5. The highest BCUT2D eigenvalue weighted by atomic mass is 16.2. The van der Waals surface area contributed by atoms with Gasteiger partial charge in [-0.15, -0.1) is 0 Å². The number of rotatable bonds is 4. The Kier molecular flexibility index (Phi) is 3.92. The van der Waals surface area contributed by atoms with Gasteiger partial charge in [0.2, 0.25) is 0 Å². The van der Waals surface area contributed by atoms with Gasteiger partial charge in [0.15, 0.2) is 5.65 Å². The Bertz CT molecular complexity index is 836. The number of aromatic nitrogens is 6. The van der Waals surface area contributed by atoms with Crippen LogP contribution in [0.4, 0.5) is 10.5 Å². The lowest BCUT2D eigenvalue weighted by Gasteiger charge is -2.14. The summed E-state index contributed by atoms with van der Waals surface area (Å²) in [4.78, 5) is 20.7. The van der Waals surface area contributed by atoms with Crippen LogP contribution in [0.3, 0.4) is 0 Å². The molecule has 0 aliphatic carbocycles. The summed E-state index contributed by atoms with van der Waals surface area (Å²) in [5.41, 5.74) is 1.19. The smallest absolute Gasteiger partial charge is 0.319 e. The minimum Gasteiger partial charge on any atom is -0.328 e. The topological polar surface area (TPSA) is 102 Å². The van der Waals surface area contributed by atoms with Crippen LogP contribution in [0.25, 0.3) is 5.65 Å². The number of nitrogens with one attached hydrogen (secondary N) is 2. The van der Waals surface area contributed by atoms with E-state index >= 15 is 0 Å². The molecular formula is C14H18N8O. The third kappa shape index (κ3) is 2.98. The maximum Gasteiger partial charge on any atom is 0.319 e. The summed E-state index contributed by atoms with van der Waals surface area (Å²) in [6.45, 7) is 6.33. The molecule has 0 bridgehead atoms. The summed E-state index contributed by atoms with van der Waals surface area (Å²) in [6, 6.07) is 2.98. The third-order valence-corrected chi connectivity index (χ3v) is 3.40. The Morgan fingerprint density at radius 1 is 1.43 bits per heavy atom. The zero-order chi connectivity index (χ0) is 16.4. The SMILES string of the molecule is CCn1ncnc1[C@@H](C)NC(=O)Nc1cccn2nc(C)nc12. The van der Waals surface area contributed by atoms with E-state index in [0.29, 0.717) is 29.5 Å². The average Bonchev–Trinajstić information content (AvgIpc) is 3.12. The predicted molar refractivity (Wildman–Crippen MR) is 84.0 cm³/mol. The van der Waals surface area contributed by atoms with Gasteiger partial charge < -0.3 is 10.6 Å². The zero-order valence-corrected chi connectivity index (χ0v) is 13.2. The van der Waals surface area contributed by atoms with Crippen molar-refractivity contribution in [3.63, 3.8) is 0 Å². The van der Waals surface area contributed by atoms with Crippen molar-refractivity contribution in [2.75, 3.05) is 5.32 Å². The van der Waals surface area contributed by atoms with E-state index in [9.17, 15) is 4.79 Å². The summed E-state index contributed by atoms with van der Waals surface area (Å²) in [5, 5.41) is 14.0. The summed E-state index contributed by atoms with van der Waals surface area (Å²) in [6.07, 6.45) is 3.26. The number of nitrogens with zero attached hydrogens (tertiary/aromatic N) is 6. The van der Waals surface area contributed by atoms with Crippen molar-refractivity contribution in [1.82, 2.24) is 34.7 Å². The molecule has 0 aliphatic rings. The number of urea groups is 1. The van der Waals surface area contributed by atoms with Crippen LogP contribution < -0.4 is 10.6 Å². The van der Waals surface area contributed by atoms with Gasteiger partial charge in [0.1, 0.15) is 18.0 Å². The molecule has 0 aliphatic heterocycles. The highest BCUT2D eigenvalue weighted by Gasteiger charge is 2.16. The van der Waals surface area contributed by atoms with Gasteiger partial charge in [-0.25, -0.2) is 24.0 Å². The van der Waals surface area contributed by atoms with E-state index in [2.05, 4.69) is 30.8 Å². The van der Waals surface area contributed by atoms with Crippen molar-refractivity contribution in [3.05, 3.63) is 36.3 Å². The molecular weight excluding hydrogens is 296 g/mol. The van der Waals surface area contributed by atoms with Crippen molar-refractivity contribution in [1.29, 1.82) is 0 Å². The molecule has 3 aromatic heterocycles. The van der Waals surface area contributed by atoms with Gasteiger partial charge in [-0.05, 0) is 32.9 Å². The number of amides is 2. The van der Waals surface area contributed by atoms with Crippen LogP contribution >= 0.6 is 0 Å². The maximum atomic E-state index is 12.2. The molecule has 2 N–H and O–H groups in total. The Morgan fingerprint density at radius 3 is 3.04 bits per heavy atom. The van der Waals surface area contributed by atoms with Crippen molar-refractivity contribution < 1.29 is 4.79 Å². The first-order chi connectivity index (χ1) is 11.1. The monoisotopic (exact) mass is 314 g/mol. The normalized spacial score (nSPS) is 12.3. The first kappa shape index (κ1) is 14.9. The fraction of sp³-hybridized carbons (Fsp3) is 0.357. The molecule has 0 saturated heterocycles. The molecule has 0 spiro atoms. The Morgan fingerprint density at radius 2 is 2.26 bits per heavy atom. The van der Waals surface area contributed by atoms with E-state index in [1.54, 1.807) is 34.5 Å². The van der Waals surface area contributed by atoms with Gasteiger partial charge in [0.05, 0.1) is 11.7 Å². The van der Waals surface area contributed by atoms with E-state index in [4.69, 9.17) is 0 Å². The Hall–Kier alpha value is -2.97. The van der Waals surface area contributed by atoms with Gasteiger partial charge in [-0.3, -0.25) is 0 Å².